The smallest absolute Gasteiger partial charge is 0.240 e. The van der Waals surface area contributed by atoms with Crippen LogP contribution in [0, 0.1) is 12.3 Å². The minimum absolute atomic E-state index is 0.304. The summed E-state index contributed by atoms with van der Waals surface area (Å²) in [7, 11) is -3.53. The average Bonchev–Trinajstić information content (AvgIpc) is 2.46. The van der Waals surface area contributed by atoms with Crippen LogP contribution in [0.5, 0.6) is 0 Å². The molecule has 5 heteroatoms. The molecule has 0 fully saturated rings. The van der Waals surface area contributed by atoms with Crippen LogP contribution >= 0.6 is 0 Å². The monoisotopic (exact) mass is 308 g/mol. The van der Waals surface area contributed by atoms with Crippen LogP contribution in [0.4, 0.5) is 5.69 Å². The number of aryl methyl sites for hydroxylation is 1. The molecule has 0 aromatic heterocycles. The van der Waals surface area contributed by atoms with Gasteiger partial charge in [0.25, 0.3) is 0 Å². The normalized spacial score (nSPS) is 11.3. The number of unbranched alkanes of at least 4 members (excludes halogenated alkanes) is 2. The molecule has 0 aliphatic carbocycles. The number of terminal acetylenes is 1. The first-order chi connectivity index (χ1) is 9.96. The third kappa shape index (κ3) is 4.76. The molecule has 0 bridgehead atoms. The summed E-state index contributed by atoms with van der Waals surface area (Å²) < 4.78 is 27.6. The molecule has 0 aliphatic heterocycles. The van der Waals surface area contributed by atoms with Crippen LogP contribution in [0.1, 0.15) is 44.2 Å². The van der Waals surface area contributed by atoms with Crippen molar-refractivity contribution in [2.45, 2.75) is 50.8 Å². The van der Waals surface area contributed by atoms with Crippen LogP contribution in [0.25, 0.3) is 0 Å². The Morgan fingerprint density at radius 1 is 1.24 bits per heavy atom. The van der Waals surface area contributed by atoms with Crippen molar-refractivity contribution in [2.75, 3.05) is 12.3 Å². The lowest BCUT2D eigenvalue weighted by molar-refractivity contribution is 0.576. The summed E-state index contributed by atoms with van der Waals surface area (Å²) in [5.41, 5.74) is 8.14. The van der Waals surface area contributed by atoms with Gasteiger partial charge in [0.1, 0.15) is 0 Å². The fraction of sp³-hybridized carbons (Fsp3) is 0.500. The van der Waals surface area contributed by atoms with E-state index in [1.807, 2.05) is 19.9 Å². The fourth-order valence-corrected chi connectivity index (χ4v) is 3.65. The molecule has 21 heavy (non-hydrogen) atoms. The Balaban J connectivity index is 2.96. The second-order valence-corrected chi connectivity index (χ2v) is 6.66. The number of nitrogens with one attached hydrogen (secondary N) is 1. The van der Waals surface area contributed by atoms with E-state index < -0.39 is 10.0 Å². The highest BCUT2D eigenvalue weighted by atomic mass is 32.2. The summed E-state index contributed by atoms with van der Waals surface area (Å²) in [6, 6.07) is 3.57. The maximum absolute atomic E-state index is 12.5. The molecule has 0 unspecified atom stereocenters. The predicted octanol–water partition coefficient (Wildman–Crippen LogP) is 2.48. The van der Waals surface area contributed by atoms with E-state index in [1.165, 1.54) is 0 Å². The van der Waals surface area contributed by atoms with Gasteiger partial charge in [-0.3, -0.25) is 0 Å². The van der Waals surface area contributed by atoms with Gasteiger partial charge in [-0.1, -0.05) is 13.8 Å². The fourth-order valence-electron chi connectivity index (χ4n) is 2.18. The number of rotatable bonds is 8. The number of anilines is 1. The van der Waals surface area contributed by atoms with Crippen molar-refractivity contribution >= 4 is 15.7 Å². The Hall–Kier alpha value is -1.51. The quantitative estimate of drug-likeness (QED) is 0.440. The number of hydrogen-bond donors (Lipinski definition) is 2. The Morgan fingerprint density at radius 2 is 1.95 bits per heavy atom. The van der Waals surface area contributed by atoms with Crippen LogP contribution in [-0.4, -0.2) is 15.0 Å². The molecule has 0 radical (unpaired) electrons. The first kappa shape index (κ1) is 17.5. The van der Waals surface area contributed by atoms with E-state index >= 15 is 0 Å². The summed E-state index contributed by atoms with van der Waals surface area (Å²) in [6.07, 6.45) is 8.72. The Labute approximate surface area is 128 Å². The molecule has 0 heterocycles. The lowest BCUT2D eigenvalue weighted by atomic mass is 10.1. The number of hydrogen-bond acceptors (Lipinski definition) is 3. The van der Waals surface area contributed by atoms with Gasteiger partial charge in [-0.15, -0.1) is 12.3 Å². The highest BCUT2D eigenvalue weighted by Gasteiger charge is 2.19. The van der Waals surface area contributed by atoms with Crippen molar-refractivity contribution in [3.63, 3.8) is 0 Å². The van der Waals surface area contributed by atoms with E-state index in [1.54, 1.807) is 6.07 Å². The topological polar surface area (TPSA) is 72.2 Å². The number of nitrogens with two attached hydrogens (primary N) is 1. The van der Waals surface area contributed by atoms with Gasteiger partial charge in [0, 0.05) is 18.7 Å². The van der Waals surface area contributed by atoms with Crippen molar-refractivity contribution in [2.24, 2.45) is 0 Å². The third-order valence-corrected chi connectivity index (χ3v) is 4.92. The lowest BCUT2D eigenvalue weighted by Crippen LogP contribution is -2.26. The highest BCUT2D eigenvalue weighted by molar-refractivity contribution is 7.89. The summed E-state index contributed by atoms with van der Waals surface area (Å²) in [6.45, 7) is 4.27. The van der Waals surface area contributed by atoms with Gasteiger partial charge < -0.3 is 5.73 Å². The zero-order valence-electron chi connectivity index (χ0n) is 12.8. The van der Waals surface area contributed by atoms with Crippen LogP contribution in [-0.2, 0) is 22.9 Å². The molecule has 0 saturated heterocycles. The molecular weight excluding hydrogens is 284 g/mol. The Bertz CT molecular complexity index is 616. The maximum atomic E-state index is 12.5. The van der Waals surface area contributed by atoms with Gasteiger partial charge >= 0.3 is 0 Å². The minimum Gasteiger partial charge on any atom is -0.398 e. The molecular formula is C16H24N2O2S. The first-order valence-corrected chi connectivity index (χ1v) is 8.79. The van der Waals surface area contributed by atoms with Gasteiger partial charge in [0.15, 0.2) is 0 Å². The standard InChI is InChI=1S/C16H24N2O2S/c1-4-7-8-9-10-18-21(19,20)16-12-13(5-2)11-15(17)14(16)6-3/h1,11-12,18H,5-10,17H2,2-3H3. The molecule has 0 atom stereocenters. The molecule has 0 spiro atoms. The minimum atomic E-state index is -3.53. The third-order valence-electron chi connectivity index (χ3n) is 3.39. The lowest BCUT2D eigenvalue weighted by Gasteiger charge is -2.14. The number of benzene rings is 1. The molecule has 0 amide bonds. The van der Waals surface area contributed by atoms with Crippen molar-refractivity contribution < 1.29 is 8.42 Å². The molecule has 0 saturated carbocycles. The second-order valence-electron chi connectivity index (χ2n) is 4.93. The maximum Gasteiger partial charge on any atom is 0.240 e. The molecule has 4 nitrogen and oxygen atoms in total. The van der Waals surface area contributed by atoms with Crippen molar-refractivity contribution in [1.29, 1.82) is 0 Å². The molecule has 0 aliphatic rings. The van der Waals surface area contributed by atoms with Gasteiger partial charge in [-0.05, 0) is 48.9 Å². The van der Waals surface area contributed by atoms with E-state index in [4.69, 9.17) is 12.2 Å². The molecule has 116 valence electrons. The number of nitrogen functional groups attached to an aromatic ring is 1. The van der Waals surface area contributed by atoms with Gasteiger partial charge in [-0.2, -0.15) is 0 Å². The summed E-state index contributed by atoms with van der Waals surface area (Å²) in [4.78, 5) is 0.304. The van der Waals surface area contributed by atoms with Crippen LogP contribution in [0.2, 0.25) is 0 Å². The van der Waals surface area contributed by atoms with Crippen LogP contribution in [0.15, 0.2) is 17.0 Å². The second kappa shape index (κ2) is 8.06. The molecule has 1 aromatic rings. The van der Waals surface area contributed by atoms with Gasteiger partial charge in [-0.25, -0.2) is 13.1 Å². The average molecular weight is 308 g/mol. The predicted molar refractivity (Wildman–Crippen MR) is 87.5 cm³/mol. The van der Waals surface area contributed by atoms with Gasteiger partial charge in [0.2, 0.25) is 10.0 Å². The molecule has 3 N–H and O–H groups in total. The zero-order chi connectivity index (χ0) is 15.9. The SMILES string of the molecule is C#CCCCCNS(=O)(=O)c1cc(CC)cc(N)c1CC. The molecule has 1 aromatic carbocycles. The summed E-state index contributed by atoms with van der Waals surface area (Å²) in [5.74, 6) is 2.54. The highest BCUT2D eigenvalue weighted by Crippen LogP contribution is 2.25. The van der Waals surface area contributed by atoms with E-state index in [2.05, 4.69) is 10.6 Å². The zero-order valence-corrected chi connectivity index (χ0v) is 13.6. The Morgan fingerprint density at radius 3 is 2.52 bits per heavy atom. The van der Waals surface area contributed by atoms with Crippen molar-refractivity contribution in [3.05, 3.63) is 23.3 Å². The molecule has 1 rings (SSSR count). The van der Waals surface area contributed by atoms with E-state index in [0.29, 0.717) is 35.5 Å². The van der Waals surface area contributed by atoms with Crippen LogP contribution < -0.4 is 10.5 Å². The first-order valence-electron chi connectivity index (χ1n) is 7.30. The van der Waals surface area contributed by atoms with Gasteiger partial charge in [0.05, 0.1) is 4.90 Å². The number of sulfonamides is 1. The van der Waals surface area contributed by atoms with E-state index in [9.17, 15) is 8.42 Å². The summed E-state index contributed by atoms with van der Waals surface area (Å²) >= 11 is 0. The Kier molecular flexibility index (Phi) is 6.73. The largest absolute Gasteiger partial charge is 0.398 e. The van der Waals surface area contributed by atoms with E-state index in [0.717, 1.165) is 24.8 Å². The van der Waals surface area contributed by atoms with Crippen molar-refractivity contribution in [3.8, 4) is 12.3 Å². The van der Waals surface area contributed by atoms with Crippen molar-refractivity contribution in [1.82, 2.24) is 4.72 Å². The van der Waals surface area contributed by atoms with Crippen LogP contribution in [0.3, 0.4) is 0 Å². The summed E-state index contributed by atoms with van der Waals surface area (Å²) in [5, 5.41) is 0. The van der Waals surface area contributed by atoms with E-state index in [-0.39, 0.29) is 0 Å².